The Kier molecular flexibility index (Phi) is 4.36. The molecule has 5 nitrogen and oxygen atoms in total. The molecule has 0 fully saturated rings. The van der Waals surface area contributed by atoms with Gasteiger partial charge in [-0.2, -0.15) is 0 Å². The van der Waals surface area contributed by atoms with E-state index in [4.69, 9.17) is 17.0 Å². The Labute approximate surface area is 145 Å². The number of benzodiazepines with no additional fused rings is 1. The summed E-state index contributed by atoms with van der Waals surface area (Å²) in [5, 5.41) is 18.7. The number of phenolic OH excluding ortho intramolecular Hbond substituents is 1. The Bertz CT molecular complexity index is 856. The first-order valence-electron chi connectivity index (χ1n) is 7.46. The van der Waals surface area contributed by atoms with Crippen LogP contribution in [0.25, 0.3) is 0 Å². The first kappa shape index (κ1) is 16.2. The Hall–Kier alpha value is -2.66. The number of nitrogens with zero attached hydrogens (tertiary/aromatic N) is 3. The van der Waals surface area contributed by atoms with Gasteiger partial charge in [0.15, 0.2) is 0 Å². The van der Waals surface area contributed by atoms with E-state index in [9.17, 15) is 5.11 Å². The maximum Gasteiger partial charge on any atom is 0.131 e. The number of hydrogen-bond acceptors (Lipinski definition) is 4. The van der Waals surface area contributed by atoms with Gasteiger partial charge in [0.2, 0.25) is 0 Å². The number of phenols is 1. The predicted octanol–water partition coefficient (Wildman–Crippen LogP) is 3.73. The molecule has 2 N–H and O–H groups in total. The summed E-state index contributed by atoms with van der Waals surface area (Å²) >= 11 is 5.98. The highest BCUT2D eigenvalue weighted by atomic mass is 35.5. The van der Waals surface area contributed by atoms with Crippen LogP contribution in [-0.4, -0.2) is 36.1 Å². The summed E-state index contributed by atoms with van der Waals surface area (Å²) in [5.41, 5.74) is 3.16. The molecule has 0 amide bonds. The predicted molar refractivity (Wildman–Crippen MR) is 99.3 cm³/mol. The number of benzene rings is 2. The average molecular weight is 341 g/mol. The molecule has 0 bridgehead atoms. The van der Waals surface area contributed by atoms with E-state index in [2.05, 4.69) is 9.98 Å². The summed E-state index contributed by atoms with van der Waals surface area (Å²) in [6.07, 6.45) is 0. The highest BCUT2D eigenvalue weighted by Crippen LogP contribution is 2.30. The van der Waals surface area contributed by atoms with Crippen LogP contribution in [-0.2, 0) is 0 Å². The van der Waals surface area contributed by atoms with Crippen LogP contribution in [0.1, 0.15) is 18.1 Å². The third kappa shape index (κ3) is 2.90. The lowest BCUT2D eigenvalue weighted by molar-refractivity contribution is 0.475. The topological polar surface area (TPSA) is 72.0 Å². The van der Waals surface area contributed by atoms with Gasteiger partial charge in [0, 0.05) is 23.2 Å². The molecule has 2 aromatic rings. The monoisotopic (exact) mass is 340 g/mol. The second-order valence-corrected chi connectivity index (χ2v) is 5.87. The lowest BCUT2D eigenvalue weighted by Gasteiger charge is -2.24. The first-order valence-corrected chi connectivity index (χ1v) is 7.83. The van der Waals surface area contributed by atoms with Gasteiger partial charge in [0.1, 0.15) is 17.4 Å². The van der Waals surface area contributed by atoms with E-state index in [1.54, 1.807) is 49.2 Å². The smallest absolute Gasteiger partial charge is 0.131 e. The van der Waals surface area contributed by atoms with Crippen molar-refractivity contribution < 1.29 is 5.11 Å². The normalized spacial score (nSPS) is 15.7. The van der Waals surface area contributed by atoms with Crippen molar-refractivity contribution in [2.45, 2.75) is 6.92 Å². The van der Waals surface area contributed by atoms with E-state index < -0.39 is 0 Å². The molecule has 0 aliphatic carbocycles. The van der Waals surface area contributed by atoms with Crippen molar-refractivity contribution in [3.8, 4) is 5.75 Å². The Morgan fingerprint density at radius 1 is 1.25 bits per heavy atom. The Morgan fingerprint density at radius 2 is 1.96 bits per heavy atom. The molecule has 0 unspecified atom stereocenters. The average Bonchev–Trinajstić information content (AvgIpc) is 2.72. The minimum absolute atomic E-state index is 0.148. The van der Waals surface area contributed by atoms with Crippen molar-refractivity contribution in [1.29, 1.82) is 5.41 Å². The number of fused-ring (bicyclic) bond motifs is 1. The quantitative estimate of drug-likeness (QED) is 0.613. The van der Waals surface area contributed by atoms with Crippen molar-refractivity contribution in [2.75, 3.05) is 18.5 Å². The SMILES string of the molecule is C/N=C1/CN=C(c2ccc(Cl)cc2)c2cc(O)ccc2N1C(C)=N. The highest BCUT2D eigenvalue weighted by molar-refractivity contribution is 6.31. The van der Waals surface area contributed by atoms with Gasteiger partial charge < -0.3 is 5.11 Å². The van der Waals surface area contributed by atoms with Crippen LogP contribution in [0.5, 0.6) is 5.75 Å². The highest BCUT2D eigenvalue weighted by Gasteiger charge is 2.25. The first-order chi connectivity index (χ1) is 11.5. The van der Waals surface area contributed by atoms with Gasteiger partial charge in [-0.15, -0.1) is 0 Å². The maximum atomic E-state index is 9.96. The molecule has 24 heavy (non-hydrogen) atoms. The molecule has 3 rings (SSSR count). The van der Waals surface area contributed by atoms with E-state index in [0.717, 1.165) is 22.5 Å². The number of nitrogens with one attached hydrogen (secondary N) is 1. The molecule has 0 radical (unpaired) electrons. The van der Waals surface area contributed by atoms with E-state index in [0.29, 0.717) is 23.2 Å². The van der Waals surface area contributed by atoms with Crippen molar-refractivity contribution in [1.82, 2.24) is 0 Å². The zero-order chi connectivity index (χ0) is 17.3. The fourth-order valence-electron chi connectivity index (χ4n) is 2.75. The Balaban J connectivity index is 2.25. The van der Waals surface area contributed by atoms with Gasteiger partial charge >= 0.3 is 0 Å². The number of anilines is 1. The number of hydrogen-bond donors (Lipinski definition) is 2. The molecular weight excluding hydrogens is 324 g/mol. The zero-order valence-corrected chi connectivity index (χ0v) is 14.2. The maximum absolute atomic E-state index is 9.96. The minimum atomic E-state index is 0.148. The summed E-state index contributed by atoms with van der Waals surface area (Å²) in [6.45, 7) is 2.05. The summed E-state index contributed by atoms with van der Waals surface area (Å²) in [5.74, 6) is 1.17. The molecule has 0 saturated heterocycles. The number of aromatic hydroxyl groups is 1. The molecule has 1 heterocycles. The van der Waals surface area contributed by atoms with Gasteiger partial charge in [-0.1, -0.05) is 23.7 Å². The van der Waals surface area contributed by atoms with Crippen LogP contribution >= 0.6 is 11.6 Å². The van der Waals surface area contributed by atoms with Gasteiger partial charge in [0.05, 0.1) is 17.9 Å². The fraction of sp³-hybridized carbons (Fsp3) is 0.167. The third-order valence-corrected chi connectivity index (χ3v) is 4.08. The largest absolute Gasteiger partial charge is 0.508 e. The summed E-state index contributed by atoms with van der Waals surface area (Å²) in [6, 6.07) is 12.5. The van der Waals surface area contributed by atoms with Crippen molar-refractivity contribution in [2.24, 2.45) is 9.98 Å². The molecule has 0 atom stereocenters. The number of rotatable bonds is 1. The molecule has 1 aliphatic rings. The van der Waals surface area contributed by atoms with Crippen LogP contribution in [0.3, 0.4) is 0 Å². The minimum Gasteiger partial charge on any atom is -0.508 e. The molecule has 0 aromatic heterocycles. The lowest BCUT2D eigenvalue weighted by Crippen LogP contribution is -2.36. The van der Waals surface area contributed by atoms with Crippen molar-refractivity contribution in [3.05, 3.63) is 58.6 Å². The summed E-state index contributed by atoms with van der Waals surface area (Å²) in [4.78, 5) is 10.7. The van der Waals surface area contributed by atoms with E-state index in [1.165, 1.54) is 0 Å². The van der Waals surface area contributed by atoms with Crippen LogP contribution in [0.2, 0.25) is 5.02 Å². The molecule has 1 aliphatic heterocycles. The lowest BCUT2D eigenvalue weighted by atomic mass is 10.00. The third-order valence-electron chi connectivity index (χ3n) is 3.82. The molecule has 0 spiro atoms. The number of amidine groups is 2. The van der Waals surface area contributed by atoms with E-state index in [1.807, 2.05) is 12.1 Å². The van der Waals surface area contributed by atoms with Crippen molar-refractivity contribution in [3.63, 3.8) is 0 Å². The standard InChI is InChI=1S/C18H17ClN4O/c1-11(20)23-16-8-7-14(24)9-15(16)18(22-10-17(23)21-2)12-3-5-13(19)6-4-12/h3-9,20,24H,10H2,1-2H3/b20-11?,21-17-. The van der Waals surface area contributed by atoms with E-state index >= 15 is 0 Å². The zero-order valence-electron chi connectivity index (χ0n) is 13.4. The van der Waals surface area contributed by atoms with Gasteiger partial charge in [-0.3, -0.25) is 20.3 Å². The Morgan fingerprint density at radius 3 is 2.58 bits per heavy atom. The molecule has 122 valence electrons. The van der Waals surface area contributed by atoms with Crippen LogP contribution < -0.4 is 4.90 Å². The van der Waals surface area contributed by atoms with Gasteiger partial charge in [0.25, 0.3) is 0 Å². The van der Waals surface area contributed by atoms with Crippen LogP contribution in [0, 0.1) is 5.41 Å². The number of halogens is 1. The number of aliphatic imine (C=N–C) groups is 2. The second-order valence-electron chi connectivity index (χ2n) is 5.43. The molecule has 0 saturated carbocycles. The molecular formula is C18H17ClN4O. The fourth-order valence-corrected chi connectivity index (χ4v) is 2.88. The van der Waals surface area contributed by atoms with Gasteiger partial charge in [-0.25, -0.2) is 0 Å². The molecule has 2 aromatic carbocycles. The van der Waals surface area contributed by atoms with Gasteiger partial charge in [-0.05, 0) is 37.3 Å². The second kappa shape index (κ2) is 6.45. The van der Waals surface area contributed by atoms with E-state index in [-0.39, 0.29) is 5.75 Å². The summed E-state index contributed by atoms with van der Waals surface area (Å²) < 4.78 is 0. The van der Waals surface area contributed by atoms with Crippen LogP contribution in [0.4, 0.5) is 5.69 Å². The van der Waals surface area contributed by atoms with Crippen molar-refractivity contribution >= 4 is 34.7 Å². The summed E-state index contributed by atoms with van der Waals surface area (Å²) in [7, 11) is 1.69. The van der Waals surface area contributed by atoms with Crippen LogP contribution in [0.15, 0.2) is 52.4 Å². The molecule has 6 heteroatoms.